The second-order valence-corrected chi connectivity index (χ2v) is 4.77. The minimum absolute atomic E-state index is 0.107. The van der Waals surface area contributed by atoms with Gasteiger partial charge in [-0.2, -0.15) is 10.4 Å². The Hall–Kier alpha value is -3.53. The Labute approximate surface area is 139 Å². The van der Waals surface area contributed by atoms with E-state index in [0.717, 1.165) is 11.1 Å². The van der Waals surface area contributed by atoms with Crippen LogP contribution in [0.3, 0.4) is 0 Å². The van der Waals surface area contributed by atoms with Gasteiger partial charge in [0.05, 0.1) is 25.0 Å². The molecule has 0 atom stereocenters. The highest BCUT2D eigenvalue weighted by atomic mass is 16.5. The lowest BCUT2D eigenvalue weighted by molar-refractivity contribution is 0.296. The van der Waals surface area contributed by atoms with Gasteiger partial charge in [-0.3, -0.25) is 0 Å². The van der Waals surface area contributed by atoms with Crippen LogP contribution in [0.15, 0.2) is 52.7 Å². The fourth-order valence-electron chi connectivity index (χ4n) is 1.94. The summed E-state index contributed by atoms with van der Waals surface area (Å²) in [6, 6.07) is 14.5. The van der Waals surface area contributed by atoms with Crippen molar-refractivity contribution < 1.29 is 9.47 Å². The molecule has 122 valence electrons. The molecule has 4 N–H and O–H groups in total. The van der Waals surface area contributed by atoms with E-state index in [1.807, 2.05) is 18.2 Å². The molecule has 0 heterocycles. The van der Waals surface area contributed by atoms with Crippen LogP contribution in [0.1, 0.15) is 16.7 Å². The van der Waals surface area contributed by atoms with Crippen molar-refractivity contribution in [3.63, 3.8) is 0 Å². The fourth-order valence-corrected chi connectivity index (χ4v) is 1.94. The van der Waals surface area contributed by atoms with E-state index in [9.17, 15) is 0 Å². The summed E-state index contributed by atoms with van der Waals surface area (Å²) >= 11 is 0. The predicted octanol–water partition coefficient (Wildman–Crippen LogP) is 1.75. The van der Waals surface area contributed by atoms with E-state index in [2.05, 4.69) is 16.3 Å². The van der Waals surface area contributed by atoms with Crippen LogP contribution in [-0.2, 0) is 6.61 Å². The molecule has 0 aliphatic heterocycles. The highest BCUT2D eigenvalue weighted by Crippen LogP contribution is 2.22. The number of guanidine groups is 1. The average molecular weight is 323 g/mol. The van der Waals surface area contributed by atoms with E-state index in [1.165, 1.54) is 6.21 Å². The normalized spacial score (nSPS) is 10.2. The number of hydrogen-bond donors (Lipinski definition) is 2. The second-order valence-electron chi connectivity index (χ2n) is 4.77. The van der Waals surface area contributed by atoms with Gasteiger partial charge in [-0.15, -0.1) is 5.10 Å². The van der Waals surface area contributed by atoms with Gasteiger partial charge in [0, 0.05) is 5.56 Å². The van der Waals surface area contributed by atoms with Crippen LogP contribution in [0.4, 0.5) is 0 Å². The van der Waals surface area contributed by atoms with Crippen molar-refractivity contribution in [2.24, 2.45) is 21.7 Å². The van der Waals surface area contributed by atoms with E-state index in [-0.39, 0.29) is 5.96 Å². The predicted molar refractivity (Wildman–Crippen MR) is 91.9 cm³/mol. The first-order chi connectivity index (χ1) is 11.6. The second kappa shape index (κ2) is 8.19. The highest BCUT2D eigenvalue weighted by molar-refractivity contribution is 5.82. The number of nitrogens with two attached hydrogens (primary N) is 2. The molecule has 0 spiro atoms. The molecular weight excluding hydrogens is 306 g/mol. The van der Waals surface area contributed by atoms with E-state index < -0.39 is 0 Å². The molecule has 7 heteroatoms. The summed E-state index contributed by atoms with van der Waals surface area (Å²) in [6.07, 6.45) is 1.53. The SMILES string of the molecule is COc1ccc(C=NN=C(N)N)cc1COc1ccc(C#N)cc1. The van der Waals surface area contributed by atoms with Crippen molar-refractivity contribution in [2.45, 2.75) is 6.61 Å². The minimum atomic E-state index is -0.107. The van der Waals surface area contributed by atoms with Gasteiger partial charge in [-0.25, -0.2) is 0 Å². The van der Waals surface area contributed by atoms with Gasteiger partial charge >= 0.3 is 0 Å². The molecule has 2 rings (SSSR count). The van der Waals surface area contributed by atoms with Gasteiger partial charge < -0.3 is 20.9 Å². The van der Waals surface area contributed by atoms with Crippen LogP contribution >= 0.6 is 0 Å². The molecule has 0 amide bonds. The average Bonchev–Trinajstić information content (AvgIpc) is 2.60. The largest absolute Gasteiger partial charge is 0.496 e. The van der Waals surface area contributed by atoms with E-state index >= 15 is 0 Å². The molecule has 2 aromatic rings. The van der Waals surface area contributed by atoms with Gasteiger partial charge in [0.1, 0.15) is 18.1 Å². The van der Waals surface area contributed by atoms with Gasteiger partial charge in [0.15, 0.2) is 0 Å². The number of nitriles is 1. The van der Waals surface area contributed by atoms with Crippen LogP contribution in [0.25, 0.3) is 0 Å². The lowest BCUT2D eigenvalue weighted by Gasteiger charge is -2.11. The molecule has 0 aliphatic rings. The smallest absolute Gasteiger partial charge is 0.211 e. The third-order valence-electron chi connectivity index (χ3n) is 3.06. The van der Waals surface area contributed by atoms with Crippen molar-refractivity contribution in [1.82, 2.24) is 0 Å². The summed E-state index contributed by atoms with van der Waals surface area (Å²) in [5, 5.41) is 16.1. The zero-order valence-electron chi connectivity index (χ0n) is 13.1. The summed E-state index contributed by atoms with van der Waals surface area (Å²) < 4.78 is 11.1. The highest BCUT2D eigenvalue weighted by Gasteiger charge is 2.05. The van der Waals surface area contributed by atoms with Crippen LogP contribution in [-0.4, -0.2) is 19.3 Å². The number of methoxy groups -OCH3 is 1. The van der Waals surface area contributed by atoms with Gasteiger partial charge in [-0.05, 0) is 48.0 Å². The first kappa shape index (κ1) is 16.8. The summed E-state index contributed by atoms with van der Waals surface area (Å²) in [7, 11) is 1.59. The van der Waals surface area contributed by atoms with Crippen molar-refractivity contribution in [2.75, 3.05) is 7.11 Å². The summed E-state index contributed by atoms with van der Waals surface area (Å²) in [5.41, 5.74) is 12.7. The molecule has 0 fully saturated rings. The van der Waals surface area contributed by atoms with E-state index in [0.29, 0.717) is 23.7 Å². The van der Waals surface area contributed by atoms with Gasteiger partial charge in [0.25, 0.3) is 0 Å². The number of ether oxygens (including phenoxy) is 2. The standard InChI is InChI=1S/C17H17N5O2/c1-23-16-7-4-13(10-21-22-17(19)20)8-14(16)11-24-15-5-2-12(9-18)3-6-15/h2-8,10H,11H2,1H3,(H4,19,20,22). The molecule has 0 aliphatic carbocycles. The first-order valence-electron chi connectivity index (χ1n) is 7.04. The zero-order valence-corrected chi connectivity index (χ0v) is 13.1. The molecule has 0 radical (unpaired) electrons. The molecule has 0 aromatic heterocycles. The van der Waals surface area contributed by atoms with Crippen LogP contribution < -0.4 is 20.9 Å². The third kappa shape index (κ3) is 4.74. The molecule has 0 bridgehead atoms. The maximum Gasteiger partial charge on any atom is 0.211 e. The Kier molecular flexibility index (Phi) is 5.75. The van der Waals surface area contributed by atoms with Crippen molar-refractivity contribution in [3.05, 3.63) is 59.2 Å². The van der Waals surface area contributed by atoms with Crippen LogP contribution in [0, 0.1) is 11.3 Å². The number of rotatable bonds is 6. The lowest BCUT2D eigenvalue weighted by Crippen LogP contribution is -2.21. The number of nitrogens with zero attached hydrogens (tertiary/aromatic N) is 3. The maximum atomic E-state index is 8.80. The molecule has 7 nitrogen and oxygen atoms in total. The van der Waals surface area contributed by atoms with Crippen molar-refractivity contribution in [3.8, 4) is 17.6 Å². The van der Waals surface area contributed by atoms with Crippen molar-refractivity contribution in [1.29, 1.82) is 5.26 Å². The molecule has 2 aromatic carbocycles. The molecule has 0 saturated carbocycles. The maximum absolute atomic E-state index is 8.80. The quantitative estimate of drug-likeness (QED) is 0.477. The van der Waals surface area contributed by atoms with E-state index in [4.69, 9.17) is 26.2 Å². The molecule has 0 saturated heterocycles. The van der Waals surface area contributed by atoms with Gasteiger partial charge in [0.2, 0.25) is 5.96 Å². The topological polar surface area (TPSA) is 119 Å². The third-order valence-corrected chi connectivity index (χ3v) is 3.06. The lowest BCUT2D eigenvalue weighted by atomic mass is 10.1. The first-order valence-corrected chi connectivity index (χ1v) is 7.04. The summed E-state index contributed by atoms with van der Waals surface area (Å²) in [5.74, 6) is 1.25. The van der Waals surface area contributed by atoms with E-state index in [1.54, 1.807) is 31.4 Å². The molecule has 24 heavy (non-hydrogen) atoms. The summed E-state index contributed by atoms with van der Waals surface area (Å²) in [6.45, 7) is 0.305. The monoisotopic (exact) mass is 323 g/mol. The fraction of sp³-hybridized carbons (Fsp3) is 0.118. The van der Waals surface area contributed by atoms with Crippen LogP contribution in [0.5, 0.6) is 11.5 Å². The van der Waals surface area contributed by atoms with Crippen LogP contribution in [0.2, 0.25) is 0 Å². The number of hydrogen-bond acceptors (Lipinski definition) is 5. The van der Waals surface area contributed by atoms with Gasteiger partial charge in [-0.1, -0.05) is 0 Å². The Balaban J connectivity index is 2.13. The minimum Gasteiger partial charge on any atom is -0.496 e. The number of benzene rings is 2. The Morgan fingerprint density at radius 3 is 2.58 bits per heavy atom. The zero-order chi connectivity index (χ0) is 17.4. The molecular formula is C17H17N5O2. The Morgan fingerprint density at radius 1 is 1.21 bits per heavy atom. The Bertz CT molecular complexity index is 788. The summed E-state index contributed by atoms with van der Waals surface area (Å²) in [4.78, 5) is 0. The Morgan fingerprint density at radius 2 is 1.96 bits per heavy atom. The van der Waals surface area contributed by atoms with Crippen molar-refractivity contribution >= 4 is 12.2 Å². The molecule has 0 unspecified atom stereocenters.